The molecule has 0 radical (unpaired) electrons. The summed E-state index contributed by atoms with van der Waals surface area (Å²) in [6.45, 7) is 2.83. The van der Waals surface area contributed by atoms with E-state index in [-0.39, 0.29) is 11.3 Å². The first-order valence-corrected chi connectivity index (χ1v) is 8.77. The molecule has 0 aliphatic carbocycles. The van der Waals surface area contributed by atoms with Gasteiger partial charge in [-0.3, -0.25) is 9.47 Å². The van der Waals surface area contributed by atoms with Gasteiger partial charge in [0, 0.05) is 35.8 Å². The Hall–Kier alpha value is -3.48. The summed E-state index contributed by atoms with van der Waals surface area (Å²) in [4.78, 5) is 20.2. The lowest BCUT2D eigenvalue weighted by Gasteiger charge is -2.07. The number of fused-ring (bicyclic) bond motifs is 2. The number of ether oxygens (including phenoxy) is 1. The van der Waals surface area contributed by atoms with Gasteiger partial charge in [0.05, 0.1) is 23.7 Å². The van der Waals surface area contributed by atoms with Crippen molar-refractivity contribution >= 4 is 21.9 Å². The fraction of sp³-hybridized carbons (Fsp3) is 0.200. The SMILES string of the molecule is CCCNn1cc(-c2nc3cc(OC)ccc3[nH]c2=O)c2ccc(O)cc21. The molecule has 3 N–H and O–H groups in total. The number of phenolic OH excluding ortho intramolecular Hbond substituents is 1. The molecule has 0 unspecified atom stereocenters. The van der Waals surface area contributed by atoms with Crippen molar-refractivity contribution in [3.8, 4) is 22.8 Å². The average Bonchev–Trinajstić information content (AvgIpc) is 3.03. The summed E-state index contributed by atoms with van der Waals surface area (Å²) >= 11 is 0. The van der Waals surface area contributed by atoms with Crippen molar-refractivity contribution in [1.82, 2.24) is 14.6 Å². The van der Waals surface area contributed by atoms with E-state index < -0.39 is 0 Å². The molecule has 0 aliphatic heterocycles. The smallest absolute Gasteiger partial charge is 0.275 e. The van der Waals surface area contributed by atoms with E-state index in [0.717, 1.165) is 23.9 Å². The van der Waals surface area contributed by atoms with Gasteiger partial charge in [0.15, 0.2) is 0 Å². The molecule has 4 aromatic rings. The molecule has 2 aromatic carbocycles. The highest BCUT2D eigenvalue weighted by molar-refractivity contribution is 5.96. The minimum absolute atomic E-state index is 0.164. The number of nitrogens with one attached hydrogen (secondary N) is 2. The second kappa shape index (κ2) is 6.68. The van der Waals surface area contributed by atoms with Gasteiger partial charge in [-0.1, -0.05) is 6.92 Å². The highest BCUT2D eigenvalue weighted by Crippen LogP contribution is 2.30. The second-order valence-electron chi connectivity index (χ2n) is 6.32. The largest absolute Gasteiger partial charge is 0.508 e. The van der Waals surface area contributed by atoms with Crippen LogP contribution in [0, 0.1) is 0 Å². The molecule has 2 heterocycles. The van der Waals surface area contributed by atoms with Crippen LogP contribution in [0.4, 0.5) is 0 Å². The molecule has 2 aromatic heterocycles. The standard InChI is InChI=1S/C20H20N4O3/c1-3-8-21-24-11-15(14-6-4-12(25)9-18(14)24)19-20(26)23-16-7-5-13(27-2)10-17(16)22-19/h4-7,9-11,21,25H,3,8H2,1-2H3,(H,23,26). The lowest BCUT2D eigenvalue weighted by molar-refractivity contribution is 0.415. The van der Waals surface area contributed by atoms with Crippen LogP contribution in [0.1, 0.15) is 13.3 Å². The van der Waals surface area contributed by atoms with Crippen molar-refractivity contribution in [3.63, 3.8) is 0 Å². The summed E-state index contributed by atoms with van der Waals surface area (Å²) in [7, 11) is 1.59. The molecule has 4 rings (SSSR count). The Morgan fingerprint density at radius 2 is 2.11 bits per heavy atom. The number of phenols is 1. The lowest BCUT2D eigenvalue weighted by atomic mass is 10.1. The average molecular weight is 364 g/mol. The summed E-state index contributed by atoms with van der Waals surface area (Å²) in [5.41, 5.74) is 6.10. The van der Waals surface area contributed by atoms with Gasteiger partial charge in [0.25, 0.3) is 5.56 Å². The third kappa shape index (κ3) is 2.97. The molecule has 7 nitrogen and oxygen atoms in total. The minimum atomic E-state index is -0.268. The first kappa shape index (κ1) is 17.0. The first-order valence-electron chi connectivity index (χ1n) is 8.77. The van der Waals surface area contributed by atoms with Gasteiger partial charge in [-0.05, 0) is 30.7 Å². The molecular formula is C20H20N4O3. The number of methoxy groups -OCH3 is 1. The zero-order valence-corrected chi connectivity index (χ0v) is 15.1. The Labute approximate surface area is 155 Å². The third-order valence-electron chi connectivity index (χ3n) is 4.48. The number of hydrogen-bond acceptors (Lipinski definition) is 5. The number of benzene rings is 2. The number of rotatable bonds is 5. The topological polar surface area (TPSA) is 92.2 Å². The van der Waals surface area contributed by atoms with Gasteiger partial charge >= 0.3 is 0 Å². The Balaban J connectivity index is 1.96. The Kier molecular flexibility index (Phi) is 4.19. The lowest BCUT2D eigenvalue weighted by Crippen LogP contribution is -2.14. The second-order valence-corrected chi connectivity index (χ2v) is 6.32. The number of H-pyrrole nitrogens is 1. The van der Waals surface area contributed by atoms with E-state index in [9.17, 15) is 9.90 Å². The molecule has 0 atom stereocenters. The third-order valence-corrected chi connectivity index (χ3v) is 4.48. The molecule has 0 saturated heterocycles. The summed E-state index contributed by atoms with van der Waals surface area (Å²) < 4.78 is 7.08. The maximum absolute atomic E-state index is 12.7. The van der Waals surface area contributed by atoms with Crippen molar-refractivity contribution in [3.05, 3.63) is 52.9 Å². The predicted molar refractivity (Wildman–Crippen MR) is 106 cm³/mol. The zero-order chi connectivity index (χ0) is 19.0. The zero-order valence-electron chi connectivity index (χ0n) is 15.1. The monoisotopic (exact) mass is 364 g/mol. The molecule has 138 valence electrons. The van der Waals surface area contributed by atoms with Crippen LogP contribution in [-0.4, -0.2) is 33.4 Å². The fourth-order valence-corrected chi connectivity index (χ4v) is 3.14. The fourth-order valence-electron chi connectivity index (χ4n) is 3.14. The van der Waals surface area contributed by atoms with Crippen LogP contribution >= 0.6 is 0 Å². The Morgan fingerprint density at radius 1 is 1.26 bits per heavy atom. The van der Waals surface area contributed by atoms with E-state index >= 15 is 0 Å². The van der Waals surface area contributed by atoms with Gasteiger partial charge in [0.1, 0.15) is 17.2 Å². The van der Waals surface area contributed by atoms with Crippen LogP contribution < -0.4 is 15.7 Å². The van der Waals surface area contributed by atoms with E-state index in [0.29, 0.717) is 28.0 Å². The highest BCUT2D eigenvalue weighted by atomic mass is 16.5. The molecule has 0 fully saturated rings. The maximum Gasteiger partial charge on any atom is 0.275 e. The van der Waals surface area contributed by atoms with Crippen LogP contribution in [0.25, 0.3) is 33.2 Å². The van der Waals surface area contributed by atoms with Gasteiger partial charge < -0.3 is 20.3 Å². The van der Waals surface area contributed by atoms with Crippen LogP contribution in [0.5, 0.6) is 11.5 Å². The summed E-state index contributed by atoms with van der Waals surface area (Å²) in [5, 5.41) is 10.7. The van der Waals surface area contributed by atoms with E-state index in [1.807, 2.05) is 10.9 Å². The molecule has 7 heteroatoms. The highest BCUT2D eigenvalue weighted by Gasteiger charge is 2.16. The predicted octanol–water partition coefficient (Wildman–Crippen LogP) is 3.21. The number of aromatic hydroxyl groups is 1. The summed E-state index contributed by atoms with van der Waals surface area (Å²) in [6, 6.07) is 10.4. The van der Waals surface area contributed by atoms with Gasteiger partial charge in [-0.25, -0.2) is 4.98 Å². The van der Waals surface area contributed by atoms with Crippen LogP contribution in [-0.2, 0) is 0 Å². The normalized spacial score (nSPS) is 11.2. The Bertz CT molecular complexity index is 1190. The maximum atomic E-state index is 12.7. The molecule has 27 heavy (non-hydrogen) atoms. The van der Waals surface area contributed by atoms with Crippen molar-refractivity contribution < 1.29 is 9.84 Å². The molecule has 0 bridgehead atoms. The molecule has 0 spiro atoms. The molecule has 0 aliphatic rings. The molecular weight excluding hydrogens is 344 g/mol. The van der Waals surface area contributed by atoms with Gasteiger partial charge in [-0.2, -0.15) is 0 Å². The molecule has 0 saturated carbocycles. The van der Waals surface area contributed by atoms with Crippen LogP contribution in [0.3, 0.4) is 0 Å². The number of aromatic nitrogens is 3. The van der Waals surface area contributed by atoms with E-state index in [4.69, 9.17) is 4.74 Å². The van der Waals surface area contributed by atoms with E-state index in [1.54, 1.807) is 43.5 Å². The Morgan fingerprint density at radius 3 is 2.89 bits per heavy atom. The summed E-state index contributed by atoms with van der Waals surface area (Å²) in [5.74, 6) is 0.835. The van der Waals surface area contributed by atoms with Crippen LogP contribution in [0.15, 0.2) is 47.4 Å². The minimum Gasteiger partial charge on any atom is -0.508 e. The first-order chi connectivity index (χ1) is 13.1. The van der Waals surface area contributed by atoms with Crippen molar-refractivity contribution in [2.24, 2.45) is 0 Å². The van der Waals surface area contributed by atoms with Crippen molar-refractivity contribution in [1.29, 1.82) is 0 Å². The number of nitrogens with zero attached hydrogens (tertiary/aromatic N) is 2. The summed E-state index contributed by atoms with van der Waals surface area (Å²) in [6.07, 6.45) is 2.78. The quantitative estimate of drug-likeness (QED) is 0.506. The van der Waals surface area contributed by atoms with Gasteiger partial charge in [0.2, 0.25) is 0 Å². The van der Waals surface area contributed by atoms with E-state index in [2.05, 4.69) is 22.3 Å². The van der Waals surface area contributed by atoms with E-state index in [1.165, 1.54) is 0 Å². The van der Waals surface area contributed by atoms with Crippen molar-refractivity contribution in [2.75, 3.05) is 19.1 Å². The number of aromatic amines is 1. The van der Waals surface area contributed by atoms with Gasteiger partial charge in [-0.15, -0.1) is 0 Å². The number of hydrogen-bond donors (Lipinski definition) is 3. The molecule has 0 amide bonds. The van der Waals surface area contributed by atoms with Crippen LogP contribution in [0.2, 0.25) is 0 Å². The van der Waals surface area contributed by atoms with Crippen molar-refractivity contribution in [2.45, 2.75) is 13.3 Å².